The second kappa shape index (κ2) is 24.1. The number of hydrogen-bond donors (Lipinski definition) is 2. The van der Waals surface area contributed by atoms with Crippen LogP contribution in [0.15, 0.2) is 230 Å². The number of H-pyrrole nitrogens is 2. The highest BCUT2D eigenvalue weighted by Gasteiger charge is 2.32. The van der Waals surface area contributed by atoms with Gasteiger partial charge in [-0.3, -0.25) is 0 Å². The van der Waals surface area contributed by atoms with E-state index in [9.17, 15) is 0 Å². The number of methoxy groups -OCH3 is 4. The molecule has 0 unspecified atom stereocenters. The highest BCUT2D eigenvalue weighted by Crippen LogP contribution is 2.55. The molecule has 0 saturated carbocycles. The predicted molar refractivity (Wildman–Crippen MR) is 424 cm³/mol. The SMILES string of the molecule is COc1ccc(-c2c3nc(c(-c4ccc(OC)cc4)c4[nH]c(c(-c5ccc(OC)cc5)c5nc(c(-c6ccc(OC)cc6)c6[nH]c2c2cc7cc(Br)c(Br)cc7cc62)-c2cc6cc(Br)c(Br)cc6cc2-5)c2cc5cc(Br)c(Br)cc5cc42)-c2cc4cc(Br)c(Br)cc4cc2-3)cc1. The lowest BCUT2D eigenvalue weighted by atomic mass is 9.91. The first kappa shape index (κ1) is 61.9. The number of rotatable bonds is 8. The summed E-state index contributed by atoms with van der Waals surface area (Å²) in [4.78, 5) is 21.1. The van der Waals surface area contributed by atoms with Gasteiger partial charge in [-0.05, 0) is 338 Å². The molecule has 0 fully saturated rings. The van der Waals surface area contributed by atoms with Crippen LogP contribution in [-0.4, -0.2) is 48.4 Å². The van der Waals surface area contributed by atoms with Gasteiger partial charge in [0.05, 0.1) is 73.3 Å². The van der Waals surface area contributed by atoms with Gasteiger partial charge in [0.15, 0.2) is 0 Å². The third-order valence-corrected chi connectivity index (χ3v) is 25.9. The standard InChI is InChI=1S/C80H46Br8N4O4/c1-93-49-13-5-37(6-14-49)69-73-53-21-41-29-61(81)63(83)31-43(41)23-55(53)75(89-73)70(38-7-15-50(94-2)16-8-38)77-57-25-45-33-65(85)67(87)35-47(45)27-59(57)79(91-77)72(40-11-19-52(96-4)20-12-40)80-60-28-48-36-68(88)66(86)34-46(48)26-58(60)78(92-80)71(39-9-17-51(95-3)18-10-39)76-56-24-44-32-64(84)62(82)30-42(44)22-54(56)74(69)90-76/h5-36,89,92H,1-4H3. The molecule has 8 nitrogen and oxygen atoms in total. The van der Waals surface area contributed by atoms with Crippen LogP contribution < -0.4 is 18.9 Å². The first-order valence-corrected chi connectivity index (χ1v) is 36.7. The van der Waals surface area contributed by atoms with Crippen LogP contribution in [0, 0.1) is 0 Å². The Morgan fingerprint density at radius 2 is 0.417 bits per heavy atom. The van der Waals surface area contributed by atoms with Gasteiger partial charge in [0.2, 0.25) is 0 Å². The molecule has 96 heavy (non-hydrogen) atoms. The zero-order valence-corrected chi connectivity index (χ0v) is 63.7. The fourth-order valence-electron chi connectivity index (χ4n) is 14.0. The van der Waals surface area contributed by atoms with Crippen LogP contribution in [0.25, 0.3) is 176 Å². The molecule has 0 atom stereocenters. The van der Waals surface area contributed by atoms with Gasteiger partial charge in [0, 0.05) is 102 Å². The maximum Gasteiger partial charge on any atom is 0.118 e. The lowest BCUT2D eigenvalue weighted by molar-refractivity contribution is 0.415. The summed E-state index contributed by atoms with van der Waals surface area (Å²) in [5.74, 6) is 2.90. The highest BCUT2D eigenvalue weighted by atomic mass is 79.9. The first-order valence-electron chi connectivity index (χ1n) is 30.4. The highest BCUT2D eigenvalue weighted by molar-refractivity contribution is 9.14. The number of halogens is 8. The van der Waals surface area contributed by atoms with E-state index in [-0.39, 0.29) is 0 Å². The summed E-state index contributed by atoms with van der Waals surface area (Å²) in [7, 11) is 6.81. The summed E-state index contributed by atoms with van der Waals surface area (Å²) in [6, 6.07) is 69.4. The third-order valence-electron chi connectivity index (χ3n) is 18.6. The molecule has 0 radical (unpaired) electrons. The van der Waals surface area contributed by atoms with Gasteiger partial charge >= 0.3 is 0 Å². The molecule has 17 rings (SSSR count). The Labute approximate surface area is 617 Å². The summed E-state index contributed by atoms with van der Waals surface area (Å²) < 4.78 is 31.2. The number of benzene rings is 12. The van der Waals surface area contributed by atoms with E-state index in [1.54, 1.807) is 28.4 Å². The summed E-state index contributed by atoms with van der Waals surface area (Å²) in [5.41, 5.74) is 17.5. The topological polar surface area (TPSA) is 94.3 Å². The fraction of sp³-hybridized carbons (Fsp3) is 0.0500. The minimum absolute atomic E-state index is 0.725. The molecule has 466 valence electrons. The third kappa shape index (κ3) is 10.2. The van der Waals surface area contributed by atoms with Gasteiger partial charge in [-0.25, -0.2) is 9.97 Å². The lowest BCUT2D eigenvalue weighted by Gasteiger charge is -2.12. The van der Waals surface area contributed by atoms with Crippen molar-refractivity contribution in [1.82, 2.24) is 19.9 Å². The fourth-order valence-corrected chi connectivity index (χ4v) is 16.8. The predicted octanol–water partition coefficient (Wildman–Crippen LogP) is 26.7. The summed E-state index contributed by atoms with van der Waals surface area (Å²) >= 11 is 31.3. The Morgan fingerprint density at radius 1 is 0.240 bits per heavy atom. The number of nitrogens with zero attached hydrogens (tertiary/aromatic N) is 2. The monoisotopic (exact) mass is 1760 g/mol. The number of ether oxygens (including phenoxy) is 4. The van der Waals surface area contributed by atoms with Crippen molar-refractivity contribution in [3.63, 3.8) is 0 Å². The minimum Gasteiger partial charge on any atom is -0.497 e. The smallest absolute Gasteiger partial charge is 0.118 e. The Hall–Kier alpha value is -7.64. The van der Waals surface area contributed by atoms with Gasteiger partial charge in [-0.15, -0.1) is 0 Å². The van der Waals surface area contributed by atoms with Crippen molar-refractivity contribution in [1.29, 1.82) is 0 Å². The van der Waals surface area contributed by atoms with Gasteiger partial charge in [-0.2, -0.15) is 0 Å². The molecule has 12 aromatic carbocycles. The van der Waals surface area contributed by atoms with Crippen LogP contribution in [0.5, 0.6) is 23.0 Å². The number of nitrogens with one attached hydrogen (secondary N) is 2. The van der Waals surface area contributed by atoms with Crippen molar-refractivity contribution in [2.45, 2.75) is 0 Å². The van der Waals surface area contributed by atoms with E-state index in [2.05, 4.69) is 283 Å². The molecule has 0 spiro atoms. The van der Waals surface area contributed by atoms with Crippen molar-refractivity contribution in [3.05, 3.63) is 230 Å². The Bertz CT molecular complexity index is 5360. The average Bonchev–Trinajstić information content (AvgIpc) is 1.55. The first-order chi connectivity index (χ1) is 46.6. The molecule has 2 aromatic heterocycles. The van der Waals surface area contributed by atoms with Crippen LogP contribution in [0.3, 0.4) is 0 Å². The van der Waals surface area contributed by atoms with Crippen molar-refractivity contribution < 1.29 is 18.9 Å². The quantitative estimate of drug-likeness (QED) is 0.157. The number of fused-ring (bicyclic) bond motifs is 4. The molecular weight excluding hydrogens is 1720 g/mol. The van der Waals surface area contributed by atoms with E-state index in [0.29, 0.717) is 0 Å². The summed E-state index contributed by atoms with van der Waals surface area (Å²) in [5, 5.41) is 12.2. The molecule has 1 aliphatic carbocycles. The van der Waals surface area contributed by atoms with Crippen LogP contribution in [0.2, 0.25) is 0 Å². The molecule has 14 aromatic rings. The van der Waals surface area contributed by atoms with E-state index in [4.69, 9.17) is 28.9 Å². The maximum absolute atomic E-state index is 6.25. The molecule has 8 bridgehead atoms. The van der Waals surface area contributed by atoms with Crippen LogP contribution in [-0.2, 0) is 0 Å². The molecule has 3 aliphatic rings. The maximum atomic E-state index is 6.25. The molecule has 0 amide bonds. The lowest BCUT2D eigenvalue weighted by Crippen LogP contribution is -1.89. The van der Waals surface area contributed by atoms with E-state index in [1.807, 2.05) is 48.5 Å². The van der Waals surface area contributed by atoms with Crippen LogP contribution in [0.1, 0.15) is 0 Å². The summed E-state index contributed by atoms with van der Waals surface area (Å²) in [6.07, 6.45) is 0. The van der Waals surface area contributed by atoms with Gasteiger partial charge in [0.25, 0.3) is 0 Å². The van der Waals surface area contributed by atoms with Crippen molar-refractivity contribution in [2.24, 2.45) is 0 Å². The number of aromatic amines is 2. The molecule has 0 saturated heterocycles. The number of aromatic nitrogens is 4. The van der Waals surface area contributed by atoms with E-state index in [1.165, 1.54) is 0 Å². The van der Waals surface area contributed by atoms with E-state index < -0.39 is 0 Å². The van der Waals surface area contributed by atoms with Crippen LogP contribution in [0.4, 0.5) is 0 Å². The second-order valence-electron chi connectivity index (χ2n) is 23.8. The second-order valence-corrected chi connectivity index (χ2v) is 30.7. The molecule has 16 heteroatoms. The van der Waals surface area contributed by atoms with Gasteiger partial charge < -0.3 is 28.9 Å². The van der Waals surface area contributed by atoms with Gasteiger partial charge in [0.1, 0.15) is 23.0 Å². The van der Waals surface area contributed by atoms with Crippen molar-refractivity contribution in [3.8, 4) is 113 Å². The van der Waals surface area contributed by atoms with Crippen LogP contribution >= 0.6 is 127 Å². The molecular formula is C80H46Br8N4O4. The molecule has 2 N–H and O–H groups in total. The summed E-state index contributed by atoms with van der Waals surface area (Å²) in [6.45, 7) is 0. The zero-order valence-electron chi connectivity index (χ0n) is 51.0. The van der Waals surface area contributed by atoms with Crippen molar-refractivity contribution in [2.75, 3.05) is 28.4 Å². The zero-order chi connectivity index (χ0) is 65.7. The van der Waals surface area contributed by atoms with Crippen molar-refractivity contribution >= 4 is 214 Å². The average molecular weight is 1770 g/mol. The normalized spacial score (nSPS) is 12.0. The van der Waals surface area contributed by atoms with E-state index in [0.717, 1.165) is 235 Å². The van der Waals surface area contributed by atoms with Gasteiger partial charge in [-0.1, -0.05) is 48.5 Å². The Balaban J connectivity index is 1.23. The largest absolute Gasteiger partial charge is 0.497 e. The minimum atomic E-state index is 0.725. The number of hydrogen-bond acceptors (Lipinski definition) is 6. The molecule has 4 heterocycles. The Kier molecular flexibility index (Phi) is 15.6. The van der Waals surface area contributed by atoms with E-state index >= 15 is 0 Å². The molecule has 2 aliphatic heterocycles. The Morgan fingerprint density at radius 3 is 0.594 bits per heavy atom.